The fourth-order valence-electron chi connectivity index (χ4n) is 3.01. The smallest absolute Gasteiger partial charge is 0.242 e. The molecular weight excluding hydrogens is 470 g/mol. The van der Waals surface area contributed by atoms with Crippen molar-refractivity contribution in [2.45, 2.75) is 48.5 Å². The lowest BCUT2D eigenvalue weighted by Crippen LogP contribution is -2.23. The number of unbranched alkanes of at least 4 members (excludes halogenated alkanes) is 1. The number of nitrogens with one attached hydrogen (secondary N) is 1. The van der Waals surface area contributed by atoms with Crippen LogP contribution in [-0.2, 0) is 21.4 Å². The number of halogens is 1. The van der Waals surface area contributed by atoms with Gasteiger partial charge in [-0.25, -0.2) is 22.7 Å². The lowest BCUT2D eigenvalue weighted by atomic mass is 10.3. The van der Waals surface area contributed by atoms with Gasteiger partial charge in [0.15, 0.2) is 10.3 Å². The summed E-state index contributed by atoms with van der Waals surface area (Å²) in [6.45, 7) is 4.61. The number of pyridine rings is 1. The van der Waals surface area contributed by atoms with E-state index in [4.69, 9.17) is 11.6 Å². The minimum absolute atomic E-state index is 0.184. The zero-order valence-electron chi connectivity index (χ0n) is 18.4. The van der Waals surface area contributed by atoms with E-state index in [1.54, 1.807) is 43.5 Å². The van der Waals surface area contributed by atoms with Gasteiger partial charge in [-0.15, -0.1) is 0 Å². The minimum atomic E-state index is -3.57. The lowest BCUT2D eigenvalue weighted by molar-refractivity contribution is -0.115. The highest BCUT2D eigenvalue weighted by Crippen LogP contribution is 2.30. The Kier molecular flexibility index (Phi) is 7.81. The van der Waals surface area contributed by atoms with Crippen LogP contribution in [0.1, 0.15) is 26.7 Å². The molecule has 0 aliphatic rings. The molecule has 0 aliphatic heterocycles. The summed E-state index contributed by atoms with van der Waals surface area (Å²) >= 11 is 7.36. The van der Waals surface area contributed by atoms with E-state index in [9.17, 15) is 13.2 Å². The molecule has 2 heterocycles. The maximum atomic E-state index is 12.7. The quantitative estimate of drug-likeness (QED) is 0.352. The first-order valence-corrected chi connectivity index (χ1v) is 12.9. The molecule has 1 N–H and O–H groups in total. The van der Waals surface area contributed by atoms with E-state index in [1.807, 2.05) is 4.57 Å². The summed E-state index contributed by atoms with van der Waals surface area (Å²) in [6.07, 6.45) is 3.48. The van der Waals surface area contributed by atoms with E-state index in [1.165, 1.54) is 30.2 Å². The SMILES string of the molecule is CCCCn1c(SC(C)C(=O)Nc2cccnc2Cl)nc2cc(S(=O)(=O)N(C)C)ccc21. The van der Waals surface area contributed by atoms with Crippen molar-refractivity contribution < 1.29 is 13.2 Å². The van der Waals surface area contributed by atoms with Crippen LogP contribution >= 0.6 is 23.4 Å². The number of amides is 1. The van der Waals surface area contributed by atoms with Crippen molar-refractivity contribution in [2.75, 3.05) is 19.4 Å². The Morgan fingerprint density at radius 2 is 2.06 bits per heavy atom. The van der Waals surface area contributed by atoms with Gasteiger partial charge in [0.1, 0.15) is 0 Å². The number of nitrogens with zero attached hydrogens (tertiary/aromatic N) is 4. The topological polar surface area (TPSA) is 97.2 Å². The molecular formula is C21H26ClN5O3S2. The van der Waals surface area contributed by atoms with Gasteiger partial charge in [0.25, 0.3) is 0 Å². The van der Waals surface area contributed by atoms with Gasteiger partial charge < -0.3 is 9.88 Å². The van der Waals surface area contributed by atoms with Crippen LogP contribution in [0.3, 0.4) is 0 Å². The number of sulfonamides is 1. The fourth-order valence-corrected chi connectivity index (χ4v) is 5.05. The normalized spacial score (nSPS) is 12.9. The van der Waals surface area contributed by atoms with Crippen molar-refractivity contribution in [2.24, 2.45) is 0 Å². The molecule has 0 saturated carbocycles. The molecule has 0 saturated heterocycles. The summed E-state index contributed by atoms with van der Waals surface area (Å²) in [7, 11) is -0.578. The van der Waals surface area contributed by atoms with Crippen LogP contribution in [0.25, 0.3) is 11.0 Å². The standard InChI is InChI=1S/C21H26ClN5O3S2/c1-5-6-12-27-18-10-9-15(32(29,30)26(3)4)13-17(18)25-21(27)31-14(2)20(28)24-16-8-7-11-23-19(16)22/h7-11,13-14H,5-6,12H2,1-4H3,(H,24,28). The first-order valence-electron chi connectivity index (χ1n) is 10.2. The highest BCUT2D eigenvalue weighted by molar-refractivity contribution is 8.00. The van der Waals surface area contributed by atoms with Crippen molar-refractivity contribution in [3.05, 3.63) is 41.7 Å². The second-order valence-corrected chi connectivity index (χ2v) is 11.2. The zero-order valence-corrected chi connectivity index (χ0v) is 20.8. The van der Waals surface area contributed by atoms with Crippen molar-refractivity contribution in [3.63, 3.8) is 0 Å². The van der Waals surface area contributed by atoms with E-state index in [-0.39, 0.29) is 16.0 Å². The Bertz CT molecular complexity index is 1230. The summed E-state index contributed by atoms with van der Waals surface area (Å²) in [6, 6.07) is 8.34. The number of aryl methyl sites for hydroxylation is 1. The lowest BCUT2D eigenvalue weighted by Gasteiger charge is -2.14. The third-order valence-corrected chi connectivity index (χ3v) is 8.07. The largest absolute Gasteiger partial charge is 0.322 e. The van der Waals surface area contributed by atoms with Gasteiger partial charge in [-0.05, 0) is 43.7 Å². The van der Waals surface area contributed by atoms with Gasteiger partial charge in [-0.3, -0.25) is 4.79 Å². The highest BCUT2D eigenvalue weighted by Gasteiger charge is 2.23. The first kappa shape index (κ1) is 24.5. The third kappa shape index (κ3) is 5.25. The van der Waals surface area contributed by atoms with Gasteiger partial charge in [0.05, 0.1) is 26.9 Å². The summed E-state index contributed by atoms with van der Waals surface area (Å²) < 4.78 is 28.3. The first-order chi connectivity index (χ1) is 15.1. The van der Waals surface area contributed by atoms with Gasteiger partial charge >= 0.3 is 0 Å². The molecule has 172 valence electrons. The Morgan fingerprint density at radius 3 is 2.72 bits per heavy atom. The van der Waals surface area contributed by atoms with Crippen LogP contribution < -0.4 is 5.32 Å². The third-order valence-electron chi connectivity index (χ3n) is 4.87. The molecule has 0 bridgehead atoms. The molecule has 8 nitrogen and oxygen atoms in total. The molecule has 0 fully saturated rings. The maximum absolute atomic E-state index is 12.7. The van der Waals surface area contributed by atoms with Crippen LogP contribution in [0.2, 0.25) is 5.15 Å². The van der Waals surface area contributed by atoms with Crippen molar-refractivity contribution in [1.29, 1.82) is 0 Å². The zero-order chi connectivity index (χ0) is 23.5. The van der Waals surface area contributed by atoms with E-state index in [2.05, 4.69) is 22.2 Å². The van der Waals surface area contributed by atoms with E-state index in [0.717, 1.165) is 24.9 Å². The number of imidazole rings is 1. The number of rotatable bonds is 9. The van der Waals surface area contributed by atoms with Crippen LogP contribution in [0.4, 0.5) is 5.69 Å². The number of carbonyl (C=O) groups excluding carboxylic acids is 1. The minimum Gasteiger partial charge on any atom is -0.322 e. The van der Waals surface area contributed by atoms with Crippen molar-refractivity contribution >= 4 is 56.0 Å². The molecule has 11 heteroatoms. The molecule has 0 spiro atoms. The molecule has 1 amide bonds. The second-order valence-electron chi connectivity index (χ2n) is 7.43. The molecule has 1 atom stereocenters. The Morgan fingerprint density at radius 1 is 1.31 bits per heavy atom. The van der Waals surface area contributed by atoms with Crippen LogP contribution in [-0.4, -0.2) is 52.5 Å². The molecule has 2 aromatic heterocycles. The second kappa shape index (κ2) is 10.2. The molecule has 32 heavy (non-hydrogen) atoms. The Balaban J connectivity index is 1.91. The van der Waals surface area contributed by atoms with E-state index < -0.39 is 15.3 Å². The average Bonchev–Trinajstić information content (AvgIpc) is 3.09. The number of fused-ring (bicyclic) bond motifs is 1. The molecule has 1 unspecified atom stereocenters. The van der Waals surface area contributed by atoms with Gasteiger partial charge in [-0.1, -0.05) is 36.7 Å². The number of carbonyl (C=O) groups is 1. The highest BCUT2D eigenvalue weighted by atomic mass is 35.5. The fraction of sp³-hybridized carbons (Fsp3) is 0.381. The number of hydrogen-bond donors (Lipinski definition) is 1. The van der Waals surface area contributed by atoms with Gasteiger partial charge in [0.2, 0.25) is 15.9 Å². The average molecular weight is 496 g/mol. The summed E-state index contributed by atoms with van der Waals surface area (Å²) in [5.74, 6) is -0.227. The van der Waals surface area contributed by atoms with Crippen molar-refractivity contribution in [1.82, 2.24) is 18.8 Å². The molecule has 3 aromatic rings. The predicted molar refractivity (Wildman–Crippen MR) is 129 cm³/mol. The summed E-state index contributed by atoms with van der Waals surface area (Å²) in [4.78, 5) is 21.6. The van der Waals surface area contributed by atoms with Crippen LogP contribution in [0, 0.1) is 0 Å². The Labute approximate surface area is 197 Å². The van der Waals surface area contributed by atoms with E-state index >= 15 is 0 Å². The maximum Gasteiger partial charge on any atom is 0.242 e. The van der Waals surface area contributed by atoms with Gasteiger partial charge in [0, 0.05) is 26.8 Å². The molecule has 1 aromatic carbocycles. The Hall–Kier alpha value is -2.14. The number of aromatic nitrogens is 3. The van der Waals surface area contributed by atoms with Crippen LogP contribution in [0.15, 0.2) is 46.6 Å². The number of anilines is 1. The predicted octanol–water partition coefficient (Wildman–Crippen LogP) is 4.25. The monoisotopic (exact) mass is 495 g/mol. The summed E-state index contributed by atoms with van der Waals surface area (Å²) in [5, 5.41) is 3.21. The van der Waals surface area contributed by atoms with Crippen molar-refractivity contribution in [3.8, 4) is 0 Å². The van der Waals surface area contributed by atoms with Gasteiger partial charge in [-0.2, -0.15) is 0 Å². The molecule has 0 radical (unpaired) electrons. The van der Waals surface area contributed by atoms with E-state index in [0.29, 0.717) is 16.4 Å². The molecule has 0 aliphatic carbocycles. The molecule has 3 rings (SSSR count). The van der Waals surface area contributed by atoms with Crippen LogP contribution in [0.5, 0.6) is 0 Å². The summed E-state index contributed by atoms with van der Waals surface area (Å²) in [5.41, 5.74) is 1.86. The number of hydrogen-bond acceptors (Lipinski definition) is 6. The number of thioether (sulfide) groups is 1. The number of benzene rings is 1.